The Balaban J connectivity index is 1.60. The normalized spacial score (nSPS) is 16.8. The summed E-state index contributed by atoms with van der Waals surface area (Å²) >= 11 is 0. The average molecular weight is 360 g/mol. The highest BCUT2D eigenvalue weighted by atomic mass is 16.1. The molecule has 1 saturated carbocycles. The van der Waals surface area contributed by atoms with Gasteiger partial charge >= 0.3 is 0 Å². The van der Waals surface area contributed by atoms with Crippen LogP contribution in [0.4, 0.5) is 0 Å². The van der Waals surface area contributed by atoms with Crippen LogP contribution in [0.5, 0.6) is 0 Å². The van der Waals surface area contributed by atoms with Gasteiger partial charge < -0.3 is 16.0 Å². The standard InChI is InChI=1S/C20H33N5O/c1-16(10-11-17-7-4-3-5-8-17)25-20(21-2)24-14-13-23-19(26)18-9-6-12-22-15-18/h6,9,12,15-17H,3-5,7-8,10-11,13-14H2,1-2H3,(H,23,26)(H2,21,24,25). The maximum atomic E-state index is 11.9. The summed E-state index contributed by atoms with van der Waals surface area (Å²) in [6.45, 7) is 3.37. The number of aliphatic imine (C=N–C) groups is 1. The van der Waals surface area contributed by atoms with Crippen LogP contribution in [0.25, 0.3) is 0 Å². The largest absolute Gasteiger partial charge is 0.355 e. The second-order valence-electron chi connectivity index (χ2n) is 7.12. The fourth-order valence-electron chi connectivity index (χ4n) is 3.42. The molecule has 6 nitrogen and oxygen atoms in total. The Morgan fingerprint density at radius 3 is 2.73 bits per heavy atom. The lowest BCUT2D eigenvalue weighted by atomic mass is 9.85. The van der Waals surface area contributed by atoms with E-state index in [1.54, 1.807) is 31.6 Å². The summed E-state index contributed by atoms with van der Waals surface area (Å²) in [7, 11) is 1.78. The van der Waals surface area contributed by atoms with E-state index in [0.29, 0.717) is 24.7 Å². The minimum Gasteiger partial charge on any atom is -0.355 e. The van der Waals surface area contributed by atoms with Crippen molar-refractivity contribution in [3.05, 3.63) is 30.1 Å². The molecule has 0 spiro atoms. The lowest BCUT2D eigenvalue weighted by Crippen LogP contribution is -2.45. The third-order valence-corrected chi connectivity index (χ3v) is 4.97. The number of rotatable bonds is 8. The van der Waals surface area contributed by atoms with Gasteiger partial charge in [0.1, 0.15) is 0 Å². The van der Waals surface area contributed by atoms with Crippen molar-refractivity contribution in [2.45, 2.75) is 57.9 Å². The molecule has 3 N–H and O–H groups in total. The molecule has 144 valence electrons. The molecule has 1 aliphatic rings. The zero-order chi connectivity index (χ0) is 18.6. The third kappa shape index (κ3) is 7.42. The molecule has 0 aromatic carbocycles. The van der Waals surface area contributed by atoms with Crippen molar-refractivity contribution in [3.8, 4) is 0 Å². The van der Waals surface area contributed by atoms with Crippen LogP contribution in [-0.2, 0) is 0 Å². The number of amides is 1. The number of carbonyl (C=O) groups is 1. The fourth-order valence-corrected chi connectivity index (χ4v) is 3.42. The fraction of sp³-hybridized carbons (Fsp3) is 0.650. The maximum Gasteiger partial charge on any atom is 0.252 e. The molecule has 1 fully saturated rings. The first-order valence-corrected chi connectivity index (χ1v) is 9.84. The van der Waals surface area contributed by atoms with Crippen LogP contribution in [0.2, 0.25) is 0 Å². The van der Waals surface area contributed by atoms with Gasteiger partial charge in [-0.15, -0.1) is 0 Å². The van der Waals surface area contributed by atoms with Crippen molar-refractivity contribution in [2.75, 3.05) is 20.1 Å². The predicted octanol–water partition coefficient (Wildman–Crippen LogP) is 2.73. The zero-order valence-electron chi connectivity index (χ0n) is 16.1. The molecule has 0 bridgehead atoms. The molecule has 1 aliphatic carbocycles. The minimum atomic E-state index is -0.108. The van der Waals surface area contributed by atoms with Crippen molar-refractivity contribution in [1.29, 1.82) is 0 Å². The number of aromatic nitrogens is 1. The number of hydrogen-bond donors (Lipinski definition) is 3. The quantitative estimate of drug-likeness (QED) is 0.379. The van der Waals surface area contributed by atoms with Gasteiger partial charge in [-0.25, -0.2) is 0 Å². The average Bonchev–Trinajstić information content (AvgIpc) is 2.70. The second-order valence-corrected chi connectivity index (χ2v) is 7.12. The number of guanidine groups is 1. The lowest BCUT2D eigenvalue weighted by Gasteiger charge is -2.24. The molecule has 1 aromatic rings. The number of carbonyl (C=O) groups excluding carboxylic acids is 1. The smallest absolute Gasteiger partial charge is 0.252 e. The van der Waals surface area contributed by atoms with E-state index in [-0.39, 0.29) is 5.91 Å². The summed E-state index contributed by atoms with van der Waals surface area (Å²) in [6, 6.07) is 3.91. The van der Waals surface area contributed by atoms with Crippen LogP contribution >= 0.6 is 0 Å². The van der Waals surface area contributed by atoms with Gasteiger partial charge in [-0.2, -0.15) is 0 Å². The first-order chi connectivity index (χ1) is 12.7. The Kier molecular flexibility index (Phi) is 8.93. The highest BCUT2D eigenvalue weighted by Crippen LogP contribution is 2.27. The van der Waals surface area contributed by atoms with Crippen molar-refractivity contribution < 1.29 is 4.79 Å². The molecule has 6 heteroatoms. The Morgan fingerprint density at radius 2 is 2.04 bits per heavy atom. The summed E-state index contributed by atoms with van der Waals surface area (Å²) < 4.78 is 0. The Morgan fingerprint density at radius 1 is 1.27 bits per heavy atom. The van der Waals surface area contributed by atoms with E-state index < -0.39 is 0 Å². The van der Waals surface area contributed by atoms with E-state index in [9.17, 15) is 4.79 Å². The topological polar surface area (TPSA) is 78.4 Å². The number of nitrogens with zero attached hydrogens (tertiary/aromatic N) is 2. The Hall–Kier alpha value is -2.11. The van der Waals surface area contributed by atoms with Crippen LogP contribution < -0.4 is 16.0 Å². The van der Waals surface area contributed by atoms with E-state index in [4.69, 9.17) is 0 Å². The van der Waals surface area contributed by atoms with Gasteiger partial charge in [-0.05, 0) is 37.8 Å². The van der Waals surface area contributed by atoms with Crippen molar-refractivity contribution in [3.63, 3.8) is 0 Å². The molecule has 1 aromatic heterocycles. The van der Waals surface area contributed by atoms with E-state index in [0.717, 1.165) is 11.9 Å². The second kappa shape index (κ2) is 11.5. The van der Waals surface area contributed by atoms with Gasteiger partial charge in [-0.3, -0.25) is 14.8 Å². The molecule has 26 heavy (non-hydrogen) atoms. The summed E-state index contributed by atoms with van der Waals surface area (Å²) in [5.41, 5.74) is 0.575. The number of nitrogens with one attached hydrogen (secondary N) is 3. The predicted molar refractivity (Wildman–Crippen MR) is 106 cm³/mol. The summed E-state index contributed by atoms with van der Waals surface area (Å²) in [4.78, 5) is 20.2. The zero-order valence-corrected chi connectivity index (χ0v) is 16.1. The van der Waals surface area contributed by atoms with E-state index in [2.05, 4.69) is 32.9 Å². The van der Waals surface area contributed by atoms with Crippen LogP contribution in [0.15, 0.2) is 29.5 Å². The van der Waals surface area contributed by atoms with Gasteiger partial charge in [0.2, 0.25) is 0 Å². The molecule has 1 heterocycles. The summed E-state index contributed by atoms with van der Waals surface area (Å²) in [6.07, 6.45) is 12.7. The van der Waals surface area contributed by atoms with Crippen LogP contribution in [0, 0.1) is 5.92 Å². The van der Waals surface area contributed by atoms with Crippen LogP contribution in [-0.4, -0.2) is 43.0 Å². The summed E-state index contributed by atoms with van der Waals surface area (Å²) in [5, 5.41) is 9.57. The van der Waals surface area contributed by atoms with Gasteiger partial charge in [0.15, 0.2) is 5.96 Å². The molecule has 0 radical (unpaired) electrons. The first kappa shape index (κ1) is 20.2. The molecule has 0 aliphatic heterocycles. The molecular weight excluding hydrogens is 326 g/mol. The Bertz CT molecular complexity index is 555. The monoisotopic (exact) mass is 359 g/mol. The third-order valence-electron chi connectivity index (χ3n) is 4.97. The molecule has 2 rings (SSSR count). The molecule has 1 atom stereocenters. The van der Waals surface area contributed by atoms with Gasteiger partial charge in [-0.1, -0.05) is 32.1 Å². The van der Waals surface area contributed by atoms with E-state index in [1.165, 1.54) is 44.9 Å². The molecular formula is C20H33N5O. The molecule has 0 saturated heterocycles. The van der Waals surface area contributed by atoms with E-state index in [1.807, 2.05) is 0 Å². The number of pyridine rings is 1. The molecule has 1 amide bonds. The number of hydrogen-bond acceptors (Lipinski definition) is 3. The van der Waals surface area contributed by atoms with E-state index >= 15 is 0 Å². The van der Waals surface area contributed by atoms with Crippen molar-refractivity contribution in [2.24, 2.45) is 10.9 Å². The Labute approximate surface area is 157 Å². The SMILES string of the molecule is CN=C(NCCNC(=O)c1cccnc1)NC(C)CCC1CCCCC1. The maximum absolute atomic E-state index is 11.9. The van der Waals surface area contributed by atoms with Gasteiger partial charge in [0.05, 0.1) is 5.56 Å². The highest BCUT2D eigenvalue weighted by molar-refractivity contribution is 5.93. The highest BCUT2D eigenvalue weighted by Gasteiger charge is 2.15. The van der Waals surface area contributed by atoms with Crippen LogP contribution in [0.3, 0.4) is 0 Å². The van der Waals surface area contributed by atoms with Gasteiger partial charge in [0.25, 0.3) is 5.91 Å². The van der Waals surface area contributed by atoms with Crippen molar-refractivity contribution >= 4 is 11.9 Å². The summed E-state index contributed by atoms with van der Waals surface area (Å²) in [5.74, 6) is 1.59. The first-order valence-electron chi connectivity index (χ1n) is 9.84. The van der Waals surface area contributed by atoms with Gasteiger partial charge in [0, 0.05) is 38.6 Å². The molecule has 1 unspecified atom stereocenters. The van der Waals surface area contributed by atoms with Crippen molar-refractivity contribution in [1.82, 2.24) is 20.9 Å². The minimum absolute atomic E-state index is 0.108. The van der Waals surface area contributed by atoms with Crippen LogP contribution in [0.1, 0.15) is 62.2 Å². The lowest BCUT2D eigenvalue weighted by molar-refractivity contribution is 0.0954.